The minimum Gasteiger partial charge on any atom is -0.454 e. The van der Waals surface area contributed by atoms with Crippen LogP contribution in [0.2, 0.25) is 0 Å². The van der Waals surface area contributed by atoms with Crippen molar-refractivity contribution in [2.45, 2.75) is 13.1 Å². The van der Waals surface area contributed by atoms with E-state index in [1.807, 2.05) is 24.3 Å². The molecule has 2 aromatic rings. The number of nitrogens with one attached hydrogen (secondary N) is 2. The predicted octanol–water partition coefficient (Wildman–Crippen LogP) is 2.20. The van der Waals surface area contributed by atoms with Gasteiger partial charge in [0.1, 0.15) is 0 Å². The lowest BCUT2D eigenvalue weighted by Crippen LogP contribution is -2.28. The maximum Gasteiger partial charge on any atom is 0.319 e. The molecule has 0 bridgehead atoms. The maximum atomic E-state index is 11.9. The number of carbonyl (C=O) groups excluding carboxylic acids is 1. The van der Waals surface area contributed by atoms with Gasteiger partial charge in [0.05, 0.1) is 0 Å². The highest BCUT2D eigenvalue weighted by molar-refractivity contribution is 5.89. The summed E-state index contributed by atoms with van der Waals surface area (Å²) in [5.41, 5.74) is 8.29. The van der Waals surface area contributed by atoms with Crippen LogP contribution in [0.15, 0.2) is 42.5 Å². The normalized spacial score (nSPS) is 12.0. The molecule has 1 heterocycles. The van der Waals surface area contributed by atoms with E-state index in [1.54, 1.807) is 18.2 Å². The Kier molecular flexibility index (Phi) is 4.11. The number of amides is 2. The van der Waals surface area contributed by atoms with E-state index in [2.05, 4.69) is 10.6 Å². The highest BCUT2D eigenvalue weighted by Crippen LogP contribution is 2.34. The van der Waals surface area contributed by atoms with Crippen molar-refractivity contribution in [1.29, 1.82) is 0 Å². The molecule has 6 heteroatoms. The average Bonchev–Trinajstić information content (AvgIpc) is 3.01. The molecule has 114 valence electrons. The number of hydrogen-bond acceptors (Lipinski definition) is 4. The summed E-state index contributed by atoms with van der Waals surface area (Å²) in [5, 5.41) is 5.56. The second-order valence-electron chi connectivity index (χ2n) is 4.90. The van der Waals surface area contributed by atoms with Crippen molar-refractivity contribution >= 4 is 11.7 Å². The van der Waals surface area contributed by atoms with Crippen LogP contribution < -0.4 is 25.8 Å². The molecule has 0 fully saturated rings. The molecule has 1 aliphatic heterocycles. The van der Waals surface area contributed by atoms with Crippen molar-refractivity contribution in [3.05, 3.63) is 53.6 Å². The largest absolute Gasteiger partial charge is 0.454 e. The Morgan fingerprint density at radius 1 is 1.09 bits per heavy atom. The van der Waals surface area contributed by atoms with Gasteiger partial charge in [-0.3, -0.25) is 0 Å². The molecule has 1 aliphatic rings. The van der Waals surface area contributed by atoms with Gasteiger partial charge in [-0.1, -0.05) is 24.3 Å². The van der Waals surface area contributed by atoms with Gasteiger partial charge in [0.2, 0.25) is 6.79 Å². The van der Waals surface area contributed by atoms with Crippen LogP contribution in [0, 0.1) is 0 Å². The minimum absolute atomic E-state index is 0.211. The summed E-state index contributed by atoms with van der Waals surface area (Å²) in [6.07, 6.45) is 0. The number of anilines is 1. The summed E-state index contributed by atoms with van der Waals surface area (Å²) in [6.45, 7) is 1.13. The first-order valence-electron chi connectivity index (χ1n) is 6.97. The van der Waals surface area contributed by atoms with Crippen LogP contribution in [0.25, 0.3) is 0 Å². The molecule has 0 aromatic heterocycles. The highest BCUT2D eigenvalue weighted by atomic mass is 16.7. The number of benzene rings is 2. The summed E-state index contributed by atoms with van der Waals surface area (Å²) >= 11 is 0. The molecule has 2 amide bonds. The fourth-order valence-corrected chi connectivity index (χ4v) is 2.20. The third-order valence-corrected chi connectivity index (χ3v) is 3.31. The quantitative estimate of drug-likeness (QED) is 0.808. The first kappa shape index (κ1) is 14.2. The fourth-order valence-electron chi connectivity index (χ4n) is 2.20. The van der Waals surface area contributed by atoms with E-state index in [0.717, 1.165) is 11.1 Å². The lowest BCUT2D eigenvalue weighted by Gasteiger charge is -2.09. The van der Waals surface area contributed by atoms with E-state index >= 15 is 0 Å². The Morgan fingerprint density at radius 2 is 1.91 bits per heavy atom. The second-order valence-corrected chi connectivity index (χ2v) is 4.90. The number of rotatable bonds is 4. The molecule has 0 radical (unpaired) electrons. The molecule has 0 atom stereocenters. The highest BCUT2D eigenvalue weighted by Gasteiger charge is 2.13. The SMILES string of the molecule is NCc1cccc(CNC(=O)Nc2ccc3c(c2)OCO3)c1. The van der Waals surface area contributed by atoms with Crippen molar-refractivity contribution in [2.75, 3.05) is 12.1 Å². The van der Waals surface area contributed by atoms with Gasteiger partial charge >= 0.3 is 6.03 Å². The van der Waals surface area contributed by atoms with E-state index in [-0.39, 0.29) is 12.8 Å². The topological polar surface area (TPSA) is 85.6 Å². The second kappa shape index (κ2) is 6.36. The van der Waals surface area contributed by atoms with Crippen molar-refractivity contribution < 1.29 is 14.3 Å². The van der Waals surface area contributed by atoms with Gasteiger partial charge in [0, 0.05) is 24.8 Å². The number of fused-ring (bicyclic) bond motifs is 1. The minimum atomic E-state index is -0.281. The zero-order chi connectivity index (χ0) is 15.4. The fraction of sp³-hybridized carbons (Fsp3) is 0.188. The van der Waals surface area contributed by atoms with Crippen molar-refractivity contribution in [2.24, 2.45) is 5.73 Å². The summed E-state index contributed by atoms with van der Waals surface area (Å²) < 4.78 is 10.5. The lowest BCUT2D eigenvalue weighted by molar-refractivity contribution is 0.174. The van der Waals surface area contributed by atoms with Crippen molar-refractivity contribution in [3.63, 3.8) is 0 Å². The van der Waals surface area contributed by atoms with Gasteiger partial charge in [-0.05, 0) is 23.3 Å². The number of urea groups is 1. The zero-order valence-electron chi connectivity index (χ0n) is 12.0. The third-order valence-electron chi connectivity index (χ3n) is 3.31. The summed E-state index contributed by atoms with van der Waals surface area (Å²) in [4.78, 5) is 11.9. The van der Waals surface area contributed by atoms with Gasteiger partial charge < -0.3 is 25.8 Å². The van der Waals surface area contributed by atoms with Crippen LogP contribution >= 0.6 is 0 Å². The van der Waals surface area contributed by atoms with E-state index in [1.165, 1.54) is 0 Å². The van der Waals surface area contributed by atoms with Crippen molar-refractivity contribution in [1.82, 2.24) is 5.32 Å². The van der Waals surface area contributed by atoms with Crippen molar-refractivity contribution in [3.8, 4) is 11.5 Å². The van der Waals surface area contributed by atoms with Crippen LogP contribution in [0.5, 0.6) is 11.5 Å². The number of nitrogens with two attached hydrogens (primary N) is 1. The molecule has 3 rings (SSSR count). The first-order valence-corrected chi connectivity index (χ1v) is 6.97. The van der Waals surface area contributed by atoms with Crippen LogP contribution in [0.3, 0.4) is 0 Å². The summed E-state index contributed by atoms with van der Waals surface area (Å²) in [7, 11) is 0. The molecule has 2 aromatic carbocycles. The van der Waals surface area contributed by atoms with E-state index in [4.69, 9.17) is 15.2 Å². The Labute approximate surface area is 128 Å². The number of hydrogen-bond donors (Lipinski definition) is 3. The molecule has 6 nitrogen and oxygen atoms in total. The van der Waals surface area contributed by atoms with E-state index < -0.39 is 0 Å². The van der Waals surface area contributed by atoms with Crippen LogP contribution in [0.1, 0.15) is 11.1 Å². The Balaban J connectivity index is 1.56. The van der Waals surface area contributed by atoms with Gasteiger partial charge in [-0.15, -0.1) is 0 Å². The molecular formula is C16H17N3O3. The molecule has 0 unspecified atom stereocenters. The molecule has 22 heavy (non-hydrogen) atoms. The third kappa shape index (κ3) is 3.29. The van der Waals surface area contributed by atoms with Gasteiger partial charge in [-0.25, -0.2) is 4.79 Å². The monoisotopic (exact) mass is 299 g/mol. The standard InChI is InChI=1S/C16H17N3O3/c17-8-11-2-1-3-12(6-11)9-18-16(20)19-13-4-5-14-15(7-13)22-10-21-14/h1-7H,8-10,17H2,(H2,18,19,20). The Morgan fingerprint density at radius 3 is 2.77 bits per heavy atom. The van der Waals surface area contributed by atoms with Gasteiger partial charge in [-0.2, -0.15) is 0 Å². The van der Waals surface area contributed by atoms with Gasteiger partial charge in [0.15, 0.2) is 11.5 Å². The lowest BCUT2D eigenvalue weighted by atomic mass is 10.1. The molecule has 0 aliphatic carbocycles. The van der Waals surface area contributed by atoms with Crippen LogP contribution in [-0.2, 0) is 13.1 Å². The predicted molar refractivity (Wildman–Crippen MR) is 82.8 cm³/mol. The molecular weight excluding hydrogens is 282 g/mol. The number of carbonyl (C=O) groups is 1. The van der Waals surface area contributed by atoms with E-state index in [0.29, 0.717) is 30.3 Å². The molecule has 0 saturated carbocycles. The smallest absolute Gasteiger partial charge is 0.319 e. The van der Waals surface area contributed by atoms with Crippen LogP contribution in [-0.4, -0.2) is 12.8 Å². The van der Waals surface area contributed by atoms with Crippen LogP contribution in [0.4, 0.5) is 10.5 Å². The molecule has 4 N–H and O–H groups in total. The first-order chi connectivity index (χ1) is 10.7. The average molecular weight is 299 g/mol. The molecule has 0 spiro atoms. The molecule has 0 saturated heterocycles. The summed E-state index contributed by atoms with van der Waals surface area (Å²) in [5.74, 6) is 1.32. The van der Waals surface area contributed by atoms with E-state index in [9.17, 15) is 4.79 Å². The zero-order valence-corrected chi connectivity index (χ0v) is 12.0. The Bertz CT molecular complexity index is 688. The summed E-state index contributed by atoms with van der Waals surface area (Å²) in [6, 6.07) is 12.8. The Hall–Kier alpha value is -2.73. The van der Waals surface area contributed by atoms with Gasteiger partial charge in [0.25, 0.3) is 0 Å². The number of ether oxygens (including phenoxy) is 2. The maximum absolute atomic E-state index is 11.9.